The summed E-state index contributed by atoms with van der Waals surface area (Å²) in [4.78, 5) is 0.417. The smallest absolute Gasteiger partial charge is 0.103 e. The third-order valence-electron chi connectivity index (χ3n) is 2.65. The normalized spacial score (nSPS) is 10.1. The van der Waals surface area contributed by atoms with E-state index in [-0.39, 0.29) is 0 Å². The predicted octanol–water partition coefficient (Wildman–Crippen LogP) is 4.14. The first-order valence-corrected chi connectivity index (χ1v) is 6.69. The highest BCUT2D eigenvalue weighted by Crippen LogP contribution is 2.24. The molecule has 2 aromatic carbocycles. The van der Waals surface area contributed by atoms with Crippen molar-refractivity contribution in [1.82, 2.24) is 0 Å². The van der Waals surface area contributed by atoms with Crippen LogP contribution in [-0.4, -0.2) is 4.99 Å². The fourth-order valence-electron chi connectivity index (χ4n) is 1.60. The Labute approximate surface area is 120 Å². The molecule has 0 spiro atoms. The highest BCUT2D eigenvalue weighted by Gasteiger charge is 2.01. The molecule has 18 heavy (non-hydrogen) atoms. The highest BCUT2D eigenvalue weighted by atomic mass is 79.9. The molecule has 0 amide bonds. The van der Waals surface area contributed by atoms with Gasteiger partial charge in [-0.2, -0.15) is 0 Å². The Kier molecular flexibility index (Phi) is 3.99. The van der Waals surface area contributed by atoms with E-state index in [9.17, 15) is 0 Å². The van der Waals surface area contributed by atoms with Gasteiger partial charge in [0.05, 0.1) is 0 Å². The van der Waals surface area contributed by atoms with Gasteiger partial charge in [-0.3, -0.25) is 0 Å². The van der Waals surface area contributed by atoms with Crippen molar-refractivity contribution in [3.63, 3.8) is 0 Å². The van der Waals surface area contributed by atoms with Crippen LogP contribution in [0.2, 0.25) is 0 Å². The molecule has 2 rings (SSSR count). The van der Waals surface area contributed by atoms with Gasteiger partial charge < -0.3 is 11.1 Å². The molecule has 92 valence electrons. The summed E-state index contributed by atoms with van der Waals surface area (Å²) in [6.45, 7) is 2.07. The van der Waals surface area contributed by atoms with Crippen LogP contribution in [0, 0.1) is 6.92 Å². The zero-order chi connectivity index (χ0) is 13.1. The maximum absolute atomic E-state index is 5.57. The summed E-state index contributed by atoms with van der Waals surface area (Å²) in [5, 5.41) is 3.37. The number of hydrogen-bond donors (Lipinski definition) is 2. The summed E-state index contributed by atoms with van der Waals surface area (Å²) >= 11 is 8.39. The predicted molar refractivity (Wildman–Crippen MR) is 84.5 cm³/mol. The van der Waals surface area contributed by atoms with Crippen molar-refractivity contribution in [1.29, 1.82) is 0 Å². The molecule has 0 unspecified atom stereocenters. The lowest BCUT2D eigenvalue weighted by atomic mass is 10.1. The molecule has 0 aliphatic heterocycles. The van der Waals surface area contributed by atoms with Crippen LogP contribution < -0.4 is 11.1 Å². The van der Waals surface area contributed by atoms with E-state index in [4.69, 9.17) is 18.0 Å². The monoisotopic (exact) mass is 320 g/mol. The third-order valence-corrected chi connectivity index (χ3v) is 3.38. The first kappa shape index (κ1) is 13.1. The highest BCUT2D eigenvalue weighted by molar-refractivity contribution is 9.10. The second kappa shape index (κ2) is 5.50. The van der Waals surface area contributed by atoms with Crippen LogP contribution in [0.25, 0.3) is 0 Å². The fourth-order valence-corrected chi connectivity index (χ4v) is 2.10. The number of nitrogens with two attached hydrogens (primary N) is 1. The van der Waals surface area contributed by atoms with Gasteiger partial charge in [0.15, 0.2) is 0 Å². The van der Waals surface area contributed by atoms with Gasteiger partial charge in [-0.1, -0.05) is 34.2 Å². The minimum atomic E-state index is 0.417. The van der Waals surface area contributed by atoms with Gasteiger partial charge in [-0.15, -0.1) is 0 Å². The van der Waals surface area contributed by atoms with E-state index < -0.39 is 0 Å². The number of benzene rings is 2. The van der Waals surface area contributed by atoms with Gasteiger partial charge in [-0.05, 0) is 48.9 Å². The standard InChI is InChI=1S/C14H13BrN2S/c1-9-2-5-11(15)8-13(9)17-12-6-3-10(4-7-12)14(16)18/h2-8,17H,1H3,(H2,16,18). The first-order chi connectivity index (χ1) is 8.56. The molecule has 0 saturated heterocycles. The molecule has 0 heterocycles. The number of hydrogen-bond acceptors (Lipinski definition) is 2. The summed E-state index contributed by atoms with van der Waals surface area (Å²) in [7, 11) is 0. The van der Waals surface area contributed by atoms with E-state index in [1.807, 2.05) is 30.3 Å². The average Bonchev–Trinajstić information content (AvgIpc) is 2.34. The molecule has 3 N–H and O–H groups in total. The lowest BCUT2D eigenvalue weighted by Crippen LogP contribution is -2.08. The van der Waals surface area contributed by atoms with E-state index in [1.54, 1.807) is 0 Å². The summed E-state index contributed by atoms with van der Waals surface area (Å²) in [5.74, 6) is 0. The quantitative estimate of drug-likeness (QED) is 0.835. The average molecular weight is 321 g/mol. The Balaban J connectivity index is 2.23. The Morgan fingerprint density at radius 3 is 2.44 bits per heavy atom. The maximum Gasteiger partial charge on any atom is 0.103 e. The molecule has 0 radical (unpaired) electrons. The summed E-state index contributed by atoms with van der Waals surface area (Å²) in [6, 6.07) is 13.9. The molecule has 0 saturated carbocycles. The number of aryl methyl sites for hydroxylation is 1. The van der Waals surface area contributed by atoms with Gasteiger partial charge in [0.2, 0.25) is 0 Å². The van der Waals surface area contributed by atoms with Crippen LogP contribution in [0.4, 0.5) is 11.4 Å². The summed E-state index contributed by atoms with van der Waals surface area (Å²) < 4.78 is 1.05. The number of halogens is 1. The SMILES string of the molecule is Cc1ccc(Br)cc1Nc1ccc(C(N)=S)cc1. The molecule has 2 aromatic rings. The summed E-state index contributed by atoms with van der Waals surface area (Å²) in [6.07, 6.45) is 0. The zero-order valence-electron chi connectivity index (χ0n) is 9.91. The maximum atomic E-state index is 5.57. The largest absolute Gasteiger partial charge is 0.389 e. The van der Waals surface area contributed by atoms with E-state index in [0.29, 0.717) is 4.99 Å². The van der Waals surface area contributed by atoms with E-state index in [0.717, 1.165) is 21.4 Å². The molecule has 0 aliphatic carbocycles. The van der Waals surface area contributed by atoms with Crippen molar-refractivity contribution in [2.45, 2.75) is 6.92 Å². The molecule has 4 heteroatoms. The lowest BCUT2D eigenvalue weighted by molar-refractivity contribution is 1.42. The first-order valence-electron chi connectivity index (χ1n) is 5.49. The zero-order valence-corrected chi connectivity index (χ0v) is 12.3. The van der Waals surface area contributed by atoms with Gasteiger partial charge in [0.1, 0.15) is 4.99 Å². The fraction of sp³-hybridized carbons (Fsp3) is 0.0714. The number of thiocarbonyl (C=S) groups is 1. The van der Waals surface area contributed by atoms with Crippen LogP contribution in [0.5, 0.6) is 0 Å². The van der Waals surface area contributed by atoms with Crippen LogP contribution in [0.15, 0.2) is 46.9 Å². The Morgan fingerprint density at radius 1 is 1.17 bits per heavy atom. The van der Waals surface area contributed by atoms with Crippen molar-refractivity contribution in [2.75, 3.05) is 5.32 Å². The van der Waals surface area contributed by atoms with E-state index in [2.05, 4.69) is 40.3 Å². The minimum Gasteiger partial charge on any atom is -0.389 e. The van der Waals surface area contributed by atoms with Crippen LogP contribution in [-0.2, 0) is 0 Å². The molecular weight excluding hydrogens is 308 g/mol. The van der Waals surface area contributed by atoms with Crippen molar-refractivity contribution < 1.29 is 0 Å². The number of rotatable bonds is 3. The van der Waals surface area contributed by atoms with Gasteiger partial charge >= 0.3 is 0 Å². The minimum absolute atomic E-state index is 0.417. The van der Waals surface area contributed by atoms with E-state index in [1.165, 1.54) is 5.56 Å². The number of nitrogens with one attached hydrogen (secondary N) is 1. The molecule has 0 aliphatic rings. The Hall–Kier alpha value is -1.39. The van der Waals surface area contributed by atoms with Crippen molar-refractivity contribution in [3.05, 3.63) is 58.1 Å². The molecule has 0 bridgehead atoms. The summed E-state index contributed by atoms with van der Waals surface area (Å²) in [5.41, 5.74) is 9.72. The van der Waals surface area contributed by atoms with Gasteiger partial charge in [0, 0.05) is 21.4 Å². The number of anilines is 2. The second-order valence-corrected chi connectivity index (χ2v) is 5.38. The molecular formula is C14H13BrN2S. The second-order valence-electron chi connectivity index (χ2n) is 4.03. The van der Waals surface area contributed by atoms with Crippen LogP contribution in [0.1, 0.15) is 11.1 Å². The van der Waals surface area contributed by atoms with E-state index >= 15 is 0 Å². The topological polar surface area (TPSA) is 38.0 Å². The lowest BCUT2D eigenvalue weighted by Gasteiger charge is -2.10. The Morgan fingerprint density at radius 2 is 1.83 bits per heavy atom. The molecule has 0 fully saturated rings. The van der Waals surface area contributed by atoms with Gasteiger partial charge in [-0.25, -0.2) is 0 Å². The van der Waals surface area contributed by atoms with Crippen molar-refractivity contribution >= 4 is 44.5 Å². The van der Waals surface area contributed by atoms with Crippen LogP contribution in [0.3, 0.4) is 0 Å². The molecule has 0 aromatic heterocycles. The van der Waals surface area contributed by atoms with Crippen LogP contribution >= 0.6 is 28.1 Å². The molecule has 0 atom stereocenters. The van der Waals surface area contributed by atoms with Crippen molar-refractivity contribution in [2.24, 2.45) is 5.73 Å². The Bertz CT molecular complexity index is 579. The van der Waals surface area contributed by atoms with Gasteiger partial charge in [0.25, 0.3) is 0 Å². The van der Waals surface area contributed by atoms with Crippen molar-refractivity contribution in [3.8, 4) is 0 Å². The molecule has 2 nitrogen and oxygen atoms in total. The third kappa shape index (κ3) is 3.09.